The van der Waals surface area contributed by atoms with Crippen LogP contribution in [0.15, 0.2) is 18.7 Å². The lowest BCUT2D eigenvalue weighted by Crippen LogP contribution is -2.43. The molecule has 0 aromatic carbocycles. The Morgan fingerprint density at radius 3 is 3.16 bits per heavy atom. The van der Waals surface area contributed by atoms with Gasteiger partial charge in [0.1, 0.15) is 0 Å². The number of hydrogen-bond donors (Lipinski definition) is 2. The van der Waals surface area contributed by atoms with Crippen LogP contribution >= 0.6 is 0 Å². The van der Waals surface area contributed by atoms with Gasteiger partial charge in [0.05, 0.1) is 6.33 Å². The first-order valence-electron chi connectivity index (χ1n) is 7.12. The zero-order valence-electron chi connectivity index (χ0n) is 11.8. The lowest BCUT2D eigenvalue weighted by Gasteiger charge is -2.27. The van der Waals surface area contributed by atoms with Gasteiger partial charge >= 0.3 is 0 Å². The molecular formula is C14H24N4O. The molecule has 19 heavy (non-hydrogen) atoms. The Morgan fingerprint density at radius 2 is 2.47 bits per heavy atom. The molecule has 0 spiro atoms. The van der Waals surface area contributed by atoms with E-state index in [2.05, 4.69) is 29.5 Å². The van der Waals surface area contributed by atoms with Crippen molar-refractivity contribution in [2.75, 3.05) is 13.1 Å². The van der Waals surface area contributed by atoms with E-state index >= 15 is 0 Å². The monoisotopic (exact) mass is 264 g/mol. The molecule has 5 heteroatoms. The molecule has 1 saturated heterocycles. The molecule has 1 aromatic heterocycles. The maximum atomic E-state index is 12.1. The van der Waals surface area contributed by atoms with E-state index < -0.39 is 0 Å². The average molecular weight is 264 g/mol. The second kappa shape index (κ2) is 6.70. The van der Waals surface area contributed by atoms with Crippen LogP contribution in [-0.2, 0) is 11.3 Å². The Labute approximate surface area is 114 Å². The third kappa shape index (κ3) is 4.35. The maximum Gasteiger partial charge on any atom is 0.223 e. The van der Waals surface area contributed by atoms with Crippen LogP contribution in [-0.4, -0.2) is 34.6 Å². The normalized spacial score (nSPS) is 24.9. The van der Waals surface area contributed by atoms with Gasteiger partial charge in [0.2, 0.25) is 5.91 Å². The summed E-state index contributed by atoms with van der Waals surface area (Å²) in [4.78, 5) is 16.1. The summed E-state index contributed by atoms with van der Waals surface area (Å²) < 4.78 is 2.05. The third-order valence-corrected chi connectivity index (χ3v) is 3.70. The van der Waals surface area contributed by atoms with E-state index in [1.165, 1.54) is 0 Å². The van der Waals surface area contributed by atoms with Gasteiger partial charge in [-0.3, -0.25) is 4.79 Å². The van der Waals surface area contributed by atoms with Crippen LogP contribution < -0.4 is 10.6 Å². The molecule has 1 aliphatic rings. The standard InChI is InChI=1S/C14H24N4O/c1-11(9-18-6-5-15-10-18)8-17-14(19)13-3-4-16-12(2)7-13/h5-6,10-13,16H,3-4,7-9H2,1-2H3,(H,17,19)/t11?,12-,13-/m0/s1. The first-order chi connectivity index (χ1) is 9.15. The van der Waals surface area contributed by atoms with Gasteiger partial charge in [0.25, 0.3) is 0 Å². The van der Waals surface area contributed by atoms with Gasteiger partial charge in [-0.25, -0.2) is 4.98 Å². The number of aromatic nitrogens is 2. The SMILES string of the molecule is CC(CNC(=O)[C@H]1CCN[C@@H](C)C1)Cn1ccnc1. The smallest absolute Gasteiger partial charge is 0.223 e. The molecule has 5 nitrogen and oxygen atoms in total. The second-order valence-electron chi connectivity index (χ2n) is 5.69. The highest BCUT2D eigenvalue weighted by Crippen LogP contribution is 2.16. The van der Waals surface area contributed by atoms with E-state index in [1.54, 1.807) is 6.20 Å². The molecule has 0 bridgehead atoms. The van der Waals surface area contributed by atoms with Crippen molar-refractivity contribution in [3.63, 3.8) is 0 Å². The van der Waals surface area contributed by atoms with Gasteiger partial charge in [-0.15, -0.1) is 0 Å². The Kier molecular flexibility index (Phi) is 4.96. The first kappa shape index (κ1) is 14.1. The van der Waals surface area contributed by atoms with Crippen molar-refractivity contribution in [2.24, 2.45) is 11.8 Å². The Morgan fingerprint density at radius 1 is 1.63 bits per heavy atom. The first-order valence-corrected chi connectivity index (χ1v) is 7.12. The Balaban J connectivity index is 1.70. The van der Waals surface area contributed by atoms with Gasteiger partial charge in [-0.2, -0.15) is 0 Å². The van der Waals surface area contributed by atoms with E-state index in [0.29, 0.717) is 12.0 Å². The summed E-state index contributed by atoms with van der Waals surface area (Å²) >= 11 is 0. The predicted octanol–water partition coefficient (Wildman–Crippen LogP) is 1.02. The highest BCUT2D eigenvalue weighted by Gasteiger charge is 2.24. The van der Waals surface area contributed by atoms with Gasteiger partial charge in [-0.1, -0.05) is 6.92 Å². The summed E-state index contributed by atoms with van der Waals surface area (Å²) in [5, 5.41) is 6.46. The van der Waals surface area contributed by atoms with E-state index in [9.17, 15) is 4.79 Å². The van der Waals surface area contributed by atoms with Crippen molar-refractivity contribution in [1.29, 1.82) is 0 Å². The summed E-state index contributed by atoms with van der Waals surface area (Å²) in [6.45, 7) is 6.86. The van der Waals surface area contributed by atoms with E-state index in [4.69, 9.17) is 0 Å². The number of carbonyl (C=O) groups is 1. The molecule has 2 rings (SSSR count). The topological polar surface area (TPSA) is 59.0 Å². The minimum atomic E-state index is 0.177. The van der Waals surface area contributed by atoms with Crippen molar-refractivity contribution >= 4 is 5.91 Å². The summed E-state index contributed by atoms with van der Waals surface area (Å²) in [6.07, 6.45) is 7.44. The molecule has 106 valence electrons. The lowest BCUT2D eigenvalue weighted by molar-refractivity contribution is -0.126. The number of rotatable bonds is 5. The quantitative estimate of drug-likeness (QED) is 0.835. The number of piperidine rings is 1. The average Bonchev–Trinajstić information content (AvgIpc) is 2.88. The van der Waals surface area contributed by atoms with Gasteiger partial charge in [0.15, 0.2) is 0 Å². The molecule has 1 aromatic rings. The van der Waals surface area contributed by atoms with Gasteiger partial charge < -0.3 is 15.2 Å². The van der Waals surface area contributed by atoms with Gasteiger partial charge in [0, 0.05) is 37.4 Å². The summed E-state index contributed by atoms with van der Waals surface area (Å²) in [5.74, 6) is 0.805. The number of hydrogen-bond acceptors (Lipinski definition) is 3. The number of carbonyl (C=O) groups excluding carboxylic acids is 1. The van der Waals surface area contributed by atoms with Crippen molar-refractivity contribution in [1.82, 2.24) is 20.2 Å². The molecule has 2 N–H and O–H groups in total. The van der Waals surface area contributed by atoms with Gasteiger partial charge in [-0.05, 0) is 32.2 Å². The zero-order chi connectivity index (χ0) is 13.7. The van der Waals surface area contributed by atoms with Crippen LogP contribution in [0.3, 0.4) is 0 Å². The highest BCUT2D eigenvalue weighted by molar-refractivity contribution is 5.78. The van der Waals surface area contributed by atoms with E-state index in [1.807, 2.05) is 17.1 Å². The molecule has 1 fully saturated rings. The summed E-state index contributed by atoms with van der Waals surface area (Å²) in [7, 11) is 0. The molecule has 1 unspecified atom stereocenters. The minimum Gasteiger partial charge on any atom is -0.356 e. The number of imidazole rings is 1. The molecular weight excluding hydrogens is 240 g/mol. The lowest BCUT2D eigenvalue weighted by atomic mass is 9.92. The largest absolute Gasteiger partial charge is 0.356 e. The van der Waals surface area contributed by atoms with Crippen molar-refractivity contribution in [3.8, 4) is 0 Å². The number of nitrogens with one attached hydrogen (secondary N) is 2. The molecule has 0 saturated carbocycles. The second-order valence-corrected chi connectivity index (χ2v) is 5.69. The predicted molar refractivity (Wildman–Crippen MR) is 74.6 cm³/mol. The van der Waals surface area contributed by atoms with Crippen LogP contribution in [0.1, 0.15) is 26.7 Å². The molecule has 0 aliphatic carbocycles. The maximum absolute atomic E-state index is 12.1. The summed E-state index contributed by atoms with van der Waals surface area (Å²) in [6, 6.07) is 0.452. The van der Waals surface area contributed by atoms with Crippen molar-refractivity contribution in [3.05, 3.63) is 18.7 Å². The fourth-order valence-corrected chi connectivity index (χ4v) is 2.61. The zero-order valence-corrected chi connectivity index (χ0v) is 11.8. The minimum absolute atomic E-state index is 0.177. The van der Waals surface area contributed by atoms with E-state index in [0.717, 1.165) is 32.5 Å². The Hall–Kier alpha value is -1.36. The fraction of sp³-hybridized carbons (Fsp3) is 0.714. The molecule has 2 heterocycles. The van der Waals surface area contributed by atoms with Crippen molar-refractivity contribution < 1.29 is 4.79 Å². The van der Waals surface area contributed by atoms with Crippen LogP contribution in [0.25, 0.3) is 0 Å². The van der Waals surface area contributed by atoms with Crippen molar-refractivity contribution in [2.45, 2.75) is 39.3 Å². The Bertz CT molecular complexity index is 390. The van der Waals surface area contributed by atoms with Crippen LogP contribution in [0.4, 0.5) is 0 Å². The number of amides is 1. The van der Waals surface area contributed by atoms with Crippen LogP contribution in [0.5, 0.6) is 0 Å². The molecule has 1 aliphatic heterocycles. The third-order valence-electron chi connectivity index (χ3n) is 3.70. The van der Waals surface area contributed by atoms with Crippen LogP contribution in [0, 0.1) is 11.8 Å². The fourth-order valence-electron chi connectivity index (χ4n) is 2.61. The molecule has 0 radical (unpaired) electrons. The molecule has 1 amide bonds. The highest BCUT2D eigenvalue weighted by atomic mass is 16.1. The van der Waals surface area contributed by atoms with Crippen LogP contribution in [0.2, 0.25) is 0 Å². The molecule has 3 atom stereocenters. The van der Waals surface area contributed by atoms with E-state index in [-0.39, 0.29) is 11.8 Å². The summed E-state index contributed by atoms with van der Waals surface area (Å²) in [5.41, 5.74) is 0. The number of nitrogens with zero attached hydrogens (tertiary/aromatic N) is 2.